The number of hydrogen-bond acceptors (Lipinski definition) is 0. The van der Waals surface area contributed by atoms with Gasteiger partial charge in [0, 0.05) is 0 Å². The van der Waals surface area contributed by atoms with Crippen molar-refractivity contribution in [1.29, 1.82) is 0 Å². The van der Waals surface area contributed by atoms with E-state index in [1.807, 2.05) is 0 Å². The van der Waals surface area contributed by atoms with E-state index in [2.05, 4.69) is 43.4 Å². The number of rotatable bonds is 3. The van der Waals surface area contributed by atoms with Gasteiger partial charge in [-0.3, -0.25) is 0 Å². The van der Waals surface area contributed by atoms with Crippen LogP contribution in [0.2, 0.25) is 0 Å². The van der Waals surface area contributed by atoms with Crippen molar-refractivity contribution in [3.05, 3.63) is 0 Å². The van der Waals surface area contributed by atoms with Crippen LogP contribution in [-0.2, 0) is 0 Å². The lowest BCUT2D eigenvalue weighted by atomic mass is 9.90. The second-order valence-corrected chi connectivity index (χ2v) is 4.79. The predicted octanol–water partition coefficient (Wildman–Crippen LogP) is 3.64. The molecule has 0 radical (unpaired) electrons. The van der Waals surface area contributed by atoms with Gasteiger partial charge >= 0.3 is 0 Å². The van der Waals surface area contributed by atoms with Crippen LogP contribution < -0.4 is 0 Å². The van der Waals surface area contributed by atoms with E-state index in [-0.39, 0.29) is 0 Å². The number of hydrogen-bond donors (Lipinski definition) is 0. The molecule has 0 rings (SSSR count). The first-order valence-electron chi connectivity index (χ1n) is 3.62. The van der Waals surface area contributed by atoms with Crippen LogP contribution in [-0.4, -0.2) is 4.43 Å². The molecule has 0 unspecified atom stereocenters. The van der Waals surface area contributed by atoms with E-state index >= 15 is 0 Å². The van der Waals surface area contributed by atoms with Crippen molar-refractivity contribution in [2.45, 2.75) is 40.0 Å². The van der Waals surface area contributed by atoms with E-state index in [0.717, 1.165) is 0 Å². The average molecular weight is 240 g/mol. The summed E-state index contributed by atoms with van der Waals surface area (Å²) in [5.41, 5.74) is 0.547. The van der Waals surface area contributed by atoms with Crippen LogP contribution in [0.5, 0.6) is 0 Å². The Kier molecular flexibility index (Phi) is 4.90. The van der Waals surface area contributed by atoms with Crippen molar-refractivity contribution in [2.24, 2.45) is 5.41 Å². The molecule has 0 aliphatic heterocycles. The molecule has 0 aromatic heterocycles. The number of unbranched alkanes of at least 4 members (excludes halogenated alkanes) is 1. The minimum atomic E-state index is 0.547. The Bertz CT molecular complexity index is 61.5. The summed E-state index contributed by atoms with van der Waals surface area (Å²) < 4.78 is 1.31. The molecule has 0 aromatic rings. The van der Waals surface area contributed by atoms with Gasteiger partial charge in [0.2, 0.25) is 0 Å². The molecule has 0 atom stereocenters. The van der Waals surface area contributed by atoms with Crippen LogP contribution in [0.1, 0.15) is 40.0 Å². The van der Waals surface area contributed by atoms with E-state index in [9.17, 15) is 0 Å². The normalized spacial score (nSPS) is 12.0. The molecule has 0 amide bonds. The van der Waals surface area contributed by atoms with Crippen LogP contribution >= 0.6 is 22.6 Å². The molecule has 0 heterocycles. The minimum Gasteiger partial charge on any atom is -0.0864 e. The summed E-state index contributed by atoms with van der Waals surface area (Å²) in [5.74, 6) is 0. The van der Waals surface area contributed by atoms with Gasteiger partial charge in [0.15, 0.2) is 0 Å². The molecule has 56 valence electrons. The lowest BCUT2D eigenvalue weighted by Gasteiger charge is -2.16. The van der Waals surface area contributed by atoms with E-state index in [1.54, 1.807) is 0 Å². The van der Waals surface area contributed by atoms with Gasteiger partial charge in [-0.25, -0.2) is 0 Å². The molecule has 0 saturated heterocycles. The Labute approximate surface area is 72.6 Å². The molecule has 0 nitrogen and oxygen atoms in total. The first-order valence-corrected chi connectivity index (χ1v) is 5.15. The van der Waals surface area contributed by atoms with Gasteiger partial charge in [-0.05, 0) is 22.7 Å². The molecule has 0 saturated carbocycles. The Morgan fingerprint density at radius 3 is 2.00 bits per heavy atom. The molecule has 0 bridgehead atoms. The molecule has 0 spiro atoms. The maximum Gasteiger partial charge on any atom is -0.000472 e. The minimum absolute atomic E-state index is 0.547. The van der Waals surface area contributed by atoms with Crippen LogP contribution in [0.3, 0.4) is 0 Å². The van der Waals surface area contributed by atoms with Crippen LogP contribution in [0.25, 0.3) is 0 Å². The molecule has 0 aliphatic carbocycles. The SMILES string of the molecule is CC(C)(C)CCCCI. The molecule has 1 heteroatoms. The topological polar surface area (TPSA) is 0 Å². The largest absolute Gasteiger partial charge is 0.0864 e. The van der Waals surface area contributed by atoms with Gasteiger partial charge in [-0.15, -0.1) is 0 Å². The third-order valence-electron chi connectivity index (χ3n) is 1.31. The van der Waals surface area contributed by atoms with E-state index in [0.29, 0.717) is 5.41 Å². The fourth-order valence-corrected chi connectivity index (χ4v) is 1.29. The van der Waals surface area contributed by atoms with E-state index in [4.69, 9.17) is 0 Å². The predicted molar refractivity (Wildman–Crippen MR) is 52.2 cm³/mol. The van der Waals surface area contributed by atoms with Gasteiger partial charge in [-0.1, -0.05) is 49.8 Å². The second-order valence-electron chi connectivity index (χ2n) is 3.71. The summed E-state index contributed by atoms with van der Waals surface area (Å²) in [6, 6.07) is 0. The maximum atomic E-state index is 2.44. The quantitative estimate of drug-likeness (QED) is 0.401. The summed E-state index contributed by atoms with van der Waals surface area (Å²) in [4.78, 5) is 0. The molecule has 0 aromatic carbocycles. The molecular weight excluding hydrogens is 223 g/mol. The smallest absolute Gasteiger partial charge is 0.000472 e. The van der Waals surface area contributed by atoms with Crippen LogP contribution in [0.15, 0.2) is 0 Å². The Morgan fingerprint density at radius 2 is 1.67 bits per heavy atom. The lowest BCUT2D eigenvalue weighted by molar-refractivity contribution is 0.364. The Balaban J connectivity index is 3.07. The summed E-state index contributed by atoms with van der Waals surface area (Å²) in [7, 11) is 0. The standard InChI is InChI=1S/C8H17I/c1-8(2,3)6-4-5-7-9/h4-7H2,1-3H3. The summed E-state index contributed by atoms with van der Waals surface area (Å²) in [6.45, 7) is 6.92. The fraction of sp³-hybridized carbons (Fsp3) is 1.00. The number of halogens is 1. The molecular formula is C8H17I. The number of alkyl halides is 1. The Morgan fingerprint density at radius 1 is 1.11 bits per heavy atom. The van der Waals surface area contributed by atoms with Crippen molar-refractivity contribution >= 4 is 22.6 Å². The Hall–Kier alpha value is 0.730. The lowest BCUT2D eigenvalue weighted by Crippen LogP contribution is -2.03. The van der Waals surface area contributed by atoms with Gasteiger partial charge in [0.05, 0.1) is 0 Å². The van der Waals surface area contributed by atoms with E-state index < -0.39 is 0 Å². The highest BCUT2D eigenvalue weighted by atomic mass is 127. The molecule has 9 heavy (non-hydrogen) atoms. The van der Waals surface area contributed by atoms with Gasteiger partial charge < -0.3 is 0 Å². The zero-order valence-corrected chi connectivity index (χ0v) is 8.86. The summed E-state index contributed by atoms with van der Waals surface area (Å²) in [5, 5.41) is 0. The first kappa shape index (κ1) is 9.73. The third kappa shape index (κ3) is 8.73. The highest BCUT2D eigenvalue weighted by molar-refractivity contribution is 14.1. The van der Waals surface area contributed by atoms with E-state index in [1.165, 1.54) is 23.7 Å². The van der Waals surface area contributed by atoms with Crippen molar-refractivity contribution in [3.8, 4) is 0 Å². The summed E-state index contributed by atoms with van der Waals surface area (Å²) >= 11 is 2.44. The first-order chi connectivity index (χ1) is 4.06. The van der Waals surface area contributed by atoms with Crippen molar-refractivity contribution in [3.63, 3.8) is 0 Å². The summed E-state index contributed by atoms with van der Waals surface area (Å²) in [6.07, 6.45) is 4.15. The zero-order valence-electron chi connectivity index (χ0n) is 6.71. The monoisotopic (exact) mass is 240 g/mol. The van der Waals surface area contributed by atoms with Crippen molar-refractivity contribution in [1.82, 2.24) is 0 Å². The second kappa shape index (κ2) is 4.53. The fourth-order valence-electron chi connectivity index (χ4n) is 0.750. The van der Waals surface area contributed by atoms with Crippen LogP contribution in [0.4, 0.5) is 0 Å². The molecule has 0 N–H and O–H groups in total. The zero-order chi connectivity index (χ0) is 7.33. The van der Waals surface area contributed by atoms with Crippen molar-refractivity contribution in [2.75, 3.05) is 4.43 Å². The van der Waals surface area contributed by atoms with Crippen LogP contribution in [0, 0.1) is 5.41 Å². The van der Waals surface area contributed by atoms with Crippen molar-refractivity contribution < 1.29 is 0 Å². The molecule has 0 aliphatic rings. The third-order valence-corrected chi connectivity index (χ3v) is 2.07. The highest BCUT2D eigenvalue weighted by Gasteiger charge is 2.07. The van der Waals surface area contributed by atoms with Gasteiger partial charge in [0.25, 0.3) is 0 Å². The average Bonchev–Trinajstić information content (AvgIpc) is 1.63. The highest BCUT2D eigenvalue weighted by Crippen LogP contribution is 2.21. The van der Waals surface area contributed by atoms with Gasteiger partial charge in [-0.2, -0.15) is 0 Å². The van der Waals surface area contributed by atoms with Gasteiger partial charge in [0.1, 0.15) is 0 Å². The maximum absolute atomic E-state index is 2.44. The molecule has 0 fully saturated rings.